The molecule has 0 aliphatic carbocycles. The minimum absolute atomic E-state index is 0.00687. The van der Waals surface area contributed by atoms with Crippen LogP contribution in [0.4, 0.5) is 0 Å². The average molecular weight is 285 g/mol. The summed E-state index contributed by atoms with van der Waals surface area (Å²) < 4.78 is 0. The Balaban J connectivity index is 2.60. The second-order valence-electron chi connectivity index (χ2n) is 4.84. The fourth-order valence-corrected chi connectivity index (χ4v) is 2.38. The van der Waals surface area contributed by atoms with Crippen molar-refractivity contribution in [3.63, 3.8) is 0 Å². The summed E-state index contributed by atoms with van der Waals surface area (Å²) in [6, 6.07) is -0.898. The first-order valence-electron chi connectivity index (χ1n) is 6.06. The van der Waals surface area contributed by atoms with Crippen LogP contribution in [0, 0.1) is 5.92 Å². The van der Waals surface area contributed by atoms with Crippen molar-refractivity contribution in [2.45, 2.75) is 39.3 Å². The molecule has 0 spiro atoms. The van der Waals surface area contributed by atoms with Gasteiger partial charge in [0, 0.05) is 5.38 Å². The average Bonchev–Trinajstić information content (AvgIpc) is 2.77. The van der Waals surface area contributed by atoms with E-state index in [4.69, 9.17) is 10.8 Å². The molecule has 19 heavy (non-hydrogen) atoms. The van der Waals surface area contributed by atoms with Crippen LogP contribution < -0.4 is 11.1 Å². The van der Waals surface area contributed by atoms with Crippen LogP contribution in [0.3, 0.4) is 0 Å². The quantitative estimate of drug-likeness (QED) is 0.732. The molecule has 4 N–H and O–H groups in total. The highest BCUT2D eigenvalue weighted by atomic mass is 32.1. The molecule has 0 saturated carbocycles. The first kappa shape index (κ1) is 15.6. The third-order valence-electron chi connectivity index (χ3n) is 2.53. The molecule has 0 aliphatic rings. The molecule has 0 fully saturated rings. The number of aromatic nitrogens is 1. The fourth-order valence-electron chi connectivity index (χ4n) is 1.58. The van der Waals surface area contributed by atoms with Crippen LogP contribution in [0.5, 0.6) is 0 Å². The summed E-state index contributed by atoms with van der Waals surface area (Å²) in [5.74, 6) is -0.972. The van der Waals surface area contributed by atoms with Gasteiger partial charge in [0.05, 0.1) is 12.1 Å². The van der Waals surface area contributed by atoms with E-state index in [0.717, 1.165) is 0 Å². The number of rotatable bonds is 6. The number of hydrogen-bond donors (Lipinski definition) is 3. The van der Waals surface area contributed by atoms with E-state index in [1.807, 2.05) is 13.8 Å². The van der Waals surface area contributed by atoms with Crippen molar-refractivity contribution in [3.05, 3.63) is 16.1 Å². The summed E-state index contributed by atoms with van der Waals surface area (Å²) in [4.78, 5) is 26.5. The molecule has 1 rings (SSSR count). The normalized spacial score (nSPS) is 14.2. The van der Waals surface area contributed by atoms with Crippen molar-refractivity contribution >= 4 is 23.2 Å². The minimum atomic E-state index is -1.07. The SMILES string of the molecule is CC(C)CC(N)C(=O)NC(C)c1nc(C(=O)O)cs1. The monoisotopic (exact) mass is 285 g/mol. The number of carboxylic acid groups (broad SMARTS) is 1. The maximum absolute atomic E-state index is 11.8. The minimum Gasteiger partial charge on any atom is -0.476 e. The van der Waals surface area contributed by atoms with Crippen LogP contribution in [0.1, 0.15) is 48.7 Å². The second kappa shape index (κ2) is 6.63. The Morgan fingerprint density at radius 2 is 2.11 bits per heavy atom. The zero-order chi connectivity index (χ0) is 14.6. The number of nitrogens with one attached hydrogen (secondary N) is 1. The Bertz CT molecular complexity index is 459. The number of carbonyl (C=O) groups excluding carboxylic acids is 1. The third-order valence-corrected chi connectivity index (χ3v) is 3.56. The van der Waals surface area contributed by atoms with Gasteiger partial charge in [-0.25, -0.2) is 9.78 Å². The van der Waals surface area contributed by atoms with Crippen molar-refractivity contribution in [2.24, 2.45) is 11.7 Å². The van der Waals surface area contributed by atoms with E-state index in [9.17, 15) is 9.59 Å². The first-order valence-corrected chi connectivity index (χ1v) is 6.94. The first-order chi connectivity index (χ1) is 8.81. The summed E-state index contributed by atoms with van der Waals surface area (Å²) in [5, 5.41) is 13.5. The highest BCUT2D eigenvalue weighted by molar-refractivity contribution is 7.09. The van der Waals surface area contributed by atoms with Crippen LogP contribution >= 0.6 is 11.3 Å². The van der Waals surface area contributed by atoms with Gasteiger partial charge in [0.2, 0.25) is 5.91 Å². The van der Waals surface area contributed by atoms with E-state index in [2.05, 4.69) is 10.3 Å². The maximum Gasteiger partial charge on any atom is 0.355 e. The topological polar surface area (TPSA) is 105 Å². The van der Waals surface area contributed by atoms with Crippen molar-refractivity contribution in [2.75, 3.05) is 0 Å². The van der Waals surface area contributed by atoms with Crippen LogP contribution in [-0.4, -0.2) is 28.0 Å². The molecule has 106 valence electrons. The van der Waals surface area contributed by atoms with Gasteiger partial charge in [-0.1, -0.05) is 13.8 Å². The van der Waals surface area contributed by atoms with Crippen LogP contribution in [0.15, 0.2) is 5.38 Å². The largest absolute Gasteiger partial charge is 0.476 e. The number of nitrogens with two attached hydrogens (primary N) is 1. The van der Waals surface area contributed by atoms with Crippen molar-refractivity contribution in [1.29, 1.82) is 0 Å². The highest BCUT2D eigenvalue weighted by Gasteiger charge is 2.20. The molecule has 2 atom stereocenters. The zero-order valence-electron chi connectivity index (χ0n) is 11.2. The molecular weight excluding hydrogens is 266 g/mol. The summed E-state index contributed by atoms with van der Waals surface area (Å²) in [5.41, 5.74) is 5.77. The number of aromatic carboxylic acids is 1. The molecule has 0 saturated heterocycles. The Kier molecular flexibility index (Phi) is 5.44. The lowest BCUT2D eigenvalue weighted by atomic mass is 10.0. The van der Waals surface area contributed by atoms with Gasteiger partial charge in [-0.2, -0.15) is 0 Å². The van der Waals surface area contributed by atoms with Crippen LogP contribution in [-0.2, 0) is 4.79 Å². The Hall–Kier alpha value is -1.47. The smallest absolute Gasteiger partial charge is 0.355 e. The van der Waals surface area contributed by atoms with Gasteiger partial charge >= 0.3 is 5.97 Å². The van der Waals surface area contributed by atoms with Crippen molar-refractivity contribution in [1.82, 2.24) is 10.3 Å². The predicted octanol–water partition coefficient (Wildman–Crippen LogP) is 1.39. The fraction of sp³-hybridized carbons (Fsp3) is 0.583. The summed E-state index contributed by atoms with van der Waals surface area (Å²) >= 11 is 1.21. The highest BCUT2D eigenvalue weighted by Crippen LogP contribution is 2.18. The Morgan fingerprint density at radius 3 is 2.58 bits per heavy atom. The molecule has 0 aromatic carbocycles. The Morgan fingerprint density at radius 1 is 1.47 bits per heavy atom. The van der Waals surface area contributed by atoms with Crippen LogP contribution in [0.25, 0.3) is 0 Å². The molecule has 1 amide bonds. The third kappa shape index (κ3) is 4.60. The molecule has 1 aromatic heterocycles. The van der Waals surface area contributed by atoms with E-state index in [1.165, 1.54) is 16.7 Å². The maximum atomic E-state index is 11.8. The number of carboxylic acids is 1. The molecule has 2 unspecified atom stereocenters. The van der Waals surface area contributed by atoms with Gasteiger partial charge < -0.3 is 16.2 Å². The molecule has 6 nitrogen and oxygen atoms in total. The number of hydrogen-bond acceptors (Lipinski definition) is 5. The lowest BCUT2D eigenvalue weighted by molar-refractivity contribution is -0.123. The summed E-state index contributed by atoms with van der Waals surface area (Å²) in [7, 11) is 0. The predicted molar refractivity (Wildman–Crippen MR) is 73.1 cm³/mol. The van der Waals surface area contributed by atoms with E-state index in [1.54, 1.807) is 6.92 Å². The van der Waals surface area contributed by atoms with Gasteiger partial charge in [-0.15, -0.1) is 11.3 Å². The molecule has 0 aliphatic heterocycles. The molecule has 7 heteroatoms. The number of thiazole rings is 1. The lowest BCUT2D eigenvalue weighted by Gasteiger charge is -2.17. The van der Waals surface area contributed by atoms with Crippen molar-refractivity contribution < 1.29 is 14.7 Å². The molecular formula is C12H19N3O3S. The van der Waals surface area contributed by atoms with Gasteiger partial charge in [0.25, 0.3) is 0 Å². The van der Waals surface area contributed by atoms with E-state index in [0.29, 0.717) is 17.3 Å². The van der Waals surface area contributed by atoms with Crippen molar-refractivity contribution in [3.8, 4) is 0 Å². The van der Waals surface area contributed by atoms with Gasteiger partial charge in [-0.3, -0.25) is 4.79 Å². The van der Waals surface area contributed by atoms with E-state index >= 15 is 0 Å². The van der Waals surface area contributed by atoms with Gasteiger partial charge in [0.1, 0.15) is 5.01 Å². The van der Waals surface area contributed by atoms with E-state index in [-0.39, 0.29) is 17.6 Å². The Labute approximate surface area is 116 Å². The number of amides is 1. The second-order valence-corrected chi connectivity index (χ2v) is 5.73. The molecule has 1 heterocycles. The van der Waals surface area contributed by atoms with Gasteiger partial charge in [-0.05, 0) is 19.3 Å². The van der Waals surface area contributed by atoms with E-state index < -0.39 is 12.0 Å². The summed E-state index contributed by atoms with van der Waals surface area (Å²) in [6.07, 6.45) is 0.608. The summed E-state index contributed by atoms with van der Waals surface area (Å²) in [6.45, 7) is 5.75. The number of carbonyl (C=O) groups is 2. The molecule has 0 bridgehead atoms. The van der Waals surface area contributed by atoms with Gasteiger partial charge in [0.15, 0.2) is 5.69 Å². The number of nitrogens with zero attached hydrogens (tertiary/aromatic N) is 1. The lowest BCUT2D eigenvalue weighted by Crippen LogP contribution is -2.42. The van der Waals surface area contributed by atoms with Crippen LogP contribution in [0.2, 0.25) is 0 Å². The molecule has 1 aromatic rings. The molecule has 0 radical (unpaired) electrons. The zero-order valence-corrected chi connectivity index (χ0v) is 12.0. The standard InChI is InChI=1S/C12H19N3O3S/c1-6(2)4-8(13)10(16)14-7(3)11-15-9(5-19-11)12(17)18/h5-8H,4,13H2,1-3H3,(H,14,16)(H,17,18).